The molecule has 1 unspecified atom stereocenters. The number of hydrogen-bond acceptors (Lipinski definition) is 2. The van der Waals surface area contributed by atoms with Crippen LogP contribution in [0.15, 0.2) is 0 Å². The number of piperidine rings is 1. The number of likely N-dealkylation sites (N-methyl/N-ethyl adjacent to an activating group) is 1. The summed E-state index contributed by atoms with van der Waals surface area (Å²) in [5.41, 5.74) is -1.76. The molecule has 1 rings (SSSR count). The summed E-state index contributed by atoms with van der Waals surface area (Å²) in [6, 6.07) is 0. The number of nitrogens with zero attached hydrogens (tertiary/aromatic N) is 1. The molecule has 1 fully saturated rings. The van der Waals surface area contributed by atoms with Crippen LogP contribution in [0.4, 0.5) is 8.78 Å². The van der Waals surface area contributed by atoms with E-state index in [1.807, 2.05) is 0 Å². The third-order valence-corrected chi connectivity index (χ3v) is 2.10. The largest absolute Gasteiger partial charge is 0.383 e. The van der Waals surface area contributed by atoms with Crippen LogP contribution in [0.3, 0.4) is 0 Å². The molecule has 1 aliphatic heterocycles. The standard InChI is InChI=1S/C7H13F2NO/c1-10-4-2-3-7(11,5-10)6(8)9/h6,11H,2-5H2,1H3. The summed E-state index contributed by atoms with van der Waals surface area (Å²) in [6.07, 6.45) is -1.75. The van der Waals surface area contributed by atoms with Gasteiger partial charge in [0, 0.05) is 6.54 Å². The van der Waals surface area contributed by atoms with Crippen LogP contribution in [0.2, 0.25) is 0 Å². The first-order chi connectivity index (χ1) is 5.04. The van der Waals surface area contributed by atoms with E-state index in [4.69, 9.17) is 0 Å². The van der Waals surface area contributed by atoms with E-state index >= 15 is 0 Å². The Balaban J connectivity index is 2.55. The summed E-state index contributed by atoms with van der Waals surface area (Å²) in [6.45, 7) is 0.889. The lowest BCUT2D eigenvalue weighted by atomic mass is 9.94. The van der Waals surface area contributed by atoms with E-state index in [0.29, 0.717) is 6.42 Å². The average Bonchev–Trinajstić information content (AvgIpc) is 1.86. The summed E-state index contributed by atoms with van der Waals surface area (Å²) in [5, 5.41) is 9.33. The number of hydrogen-bond donors (Lipinski definition) is 1. The number of aliphatic hydroxyl groups is 1. The van der Waals surface area contributed by atoms with Gasteiger partial charge in [-0.25, -0.2) is 8.78 Å². The van der Waals surface area contributed by atoms with Gasteiger partial charge in [-0.1, -0.05) is 0 Å². The fraction of sp³-hybridized carbons (Fsp3) is 1.00. The molecule has 1 heterocycles. The van der Waals surface area contributed by atoms with Crippen molar-refractivity contribution in [2.24, 2.45) is 0 Å². The van der Waals surface area contributed by atoms with Crippen molar-refractivity contribution in [1.29, 1.82) is 0 Å². The summed E-state index contributed by atoms with van der Waals surface area (Å²) < 4.78 is 24.4. The normalized spacial score (nSPS) is 34.6. The lowest BCUT2D eigenvalue weighted by Gasteiger charge is -2.36. The SMILES string of the molecule is CN1CCCC(O)(C(F)F)C1. The summed E-state index contributed by atoms with van der Waals surface area (Å²) >= 11 is 0. The molecular weight excluding hydrogens is 152 g/mol. The van der Waals surface area contributed by atoms with E-state index in [2.05, 4.69) is 0 Å². The molecule has 1 saturated heterocycles. The van der Waals surface area contributed by atoms with Gasteiger partial charge in [-0.15, -0.1) is 0 Å². The Labute approximate surface area is 64.8 Å². The molecule has 2 nitrogen and oxygen atoms in total. The average molecular weight is 165 g/mol. The minimum absolute atomic E-state index is 0.0880. The predicted octanol–water partition coefficient (Wildman–Crippen LogP) is 0.708. The van der Waals surface area contributed by atoms with E-state index in [1.54, 1.807) is 11.9 Å². The third-order valence-electron chi connectivity index (χ3n) is 2.10. The van der Waals surface area contributed by atoms with Crippen molar-refractivity contribution >= 4 is 0 Å². The second-order valence-electron chi connectivity index (χ2n) is 3.25. The topological polar surface area (TPSA) is 23.5 Å². The van der Waals surface area contributed by atoms with Gasteiger partial charge in [0.1, 0.15) is 5.60 Å². The fourth-order valence-electron chi connectivity index (χ4n) is 1.46. The van der Waals surface area contributed by atoms with Crippen LogP contribution >= 0.6 is 0 Å². The molecule has 0 radical (unpaired) electrons. The predicted molar refractivity (Wildman–Crippen MR) is 37.7 cm³/mol. The Bertz CT molecular complexity index is 142. The van der Waals surface area contributed by atoms with Crippen LogP contribution in [-0.2, 0) is 0 Å². The van der Waals surface area contributed by atoms with E-state index < -0.39 is 12.0 Å². The minimum atomic E-state index is -2.62. The molecule has 0 saturated carbocycles. The first kappa shape index (κ1) is 8.87. The van der Waals surface area contributed by atoms with Gasteiger partial charge in [-0.3, -0.25) is 0 Å². The molecule has 11 heavy (non-hydrogen) atoms. The Morgan fingerprint density at radius 3 is 2.55 bits per heavy atom. The van der Waals surface area contributed by atoms with Crippen LogP contribution in [0.25, 0.3) is 0 Å². The Hall–Kier alpha value is -0.220. The summed E-state index contributed by atoms with van der Waals surface area (Å²) in [4.78, 5) is 1.73. The zero-order chi connectivity index (χ0) is 8.48. The molecule has 0 amide bonds. The van der Waals surface area contributed by atoms with Crippen molar-refractivity contribution < 1.29 is 13.9 Å². The lowest BCUT2D eigenvalue weighted by Crippen LogP contribution is -2.51. The highest BCUT2D eigenvalue weighted by atomic mass is 19.3. The maximum absolute atomic E-state index is 12.2. The highest BCUT2D eigenvalue weighted by molar-refractivity contribution is 4.87. The van der Waals surface area contributed by atoms with Crippen molar-refractivity contribution in [2.45, 2.75) is 24.9 Å². The lowest BCUT2D eigenvalue weighted by molar-refractivity contribution is -0.127. The molecule has 4 heteroatoms. The Morgan fingerprint density at radius 2 is 2.18 bits per heavy atom. The zero-order valence-corrected chi connectivity index (χ0v) is 6.56. The highest BCUT2D eigenvalue weighted by Gasteiger charge is 2.40. The second-order valence-corrected chi connectivity index (χ2v) is 3.25. The zero-order valence-electron chi connectivity index (χ0n) is 6.56. The second kappa shape index (κ2) is 3.03. The molecular formula is C7H13F2NO. The van der Waals surface area contributed by atoms with E-state index in [-0.39, 0.29) is 13.0 Å². The van der Waals surface area contributed by atoms with E-state index in [0.717, 1.165) is 6.54 Å². The van der Waals surface area contributed by atoms with Gasteiger partial charge < -0.3 is 10.0 Å². The van der Waals surface area contributed by atoms with Crippen molar-refractivity contribution in [1.82, 2.24) is 4.90 Å². The molecule has 0 aliphatic carbocycles. The van der Waals surface area contributed by atoms with Gasteiger partial charge in [0.2, 0.25) is 0 Å². The van der Waals surface area contributed by atoms with Crippen LogP contribution in [-0.4, -0.2) is 42.2 Å². The number of halogens is 2. The number of β-amino-alcohol motifs (C(OH)–C–C–N with tert-alkyl or cyclic N) is 1. The van der Waals surface area contributed by atoms with Crippen LogP contribution in [0, 0.1) is 0 Å². The first-order valence-electron chi connectivity index (χ1n) is 3.74. The van der Waals surface area contributed by atoms with Crippen molar-refractivity contribution in [3.05, 3.63) is 0 Å². The van der Waals surface area contributed by atoms with E-state index in [9.17, 15) is 13.9 Å². The smallest absolute Gasteiger partial charge is 0.268 e. The summed E-state index contributed by atoms with van der Waals surface area (Å²) in [7, 11) is 1.74. The summed E-state index contributed by atoms with van der Waals surface area (Å²) in [5.74, 6) is 0. The number of likely N-dealkylation sites (tertiary alicyclic amines) is 1. The molecule has 66 valence electrons. The monoisotopic (exact) mass is 165 g/mol. The quantitative estimate of drug-likeness (QED) is 0.618. The van der Waals surface area contributed by atoms with Gasteiger partial charge in [-0.2, -0.15) is 0 Å². The van der Waals surface area contributed by atoms with Crippen molar-refractivity contribution in [3.63, 3.8) is 0 Å². The van der Waals surface area contributed by atoms with Crippen LogP contribution in [0.1, 0.15) is 12.8 Å². The first-order valence-corrected chi connectivity index (χ1v) is 3.74. The van der Waals surface area contributed by atoms with Gasteiger partial charge >= 0.3 is 0 Å². The van der Waals surface area contributed by atoms with Gasteiger partial charge in [0.15, 0.2) is 0 Å². The Kier molecular flexibility index (Phi) is 2.44. The van der Waals surface area contributed by atoms with Gasteiger partial charge in [0.25, 0.3) is 6.43 Å². The van der Waals surface area contributed by atoms with Gasteiger partial charge in [-0.05, 0) is 26.4 Å². The number of alkyl halides is 2. The third kappa shape index (κ3) is 1.87. The molecule has 1 N–H and O–H groups in total. The molecule has 0 aromatic rings. The maximum atomic E-state index is 12.2. The maximum Gasteiger partial charge on any atom is 0.268 e. The van der Waals surface area contributed by atoms with Crippen LogP contribution < -0.4 is 0 Å². The molecule has 0 aromatic heterocycles. The van der Waals surface area contributed by atoms with Crippen molar-refractivity contribution in [2.75, 3.05) is 20.1 Å². The van der Waals surface area contributed by atoms with Gasteiger partial charge in [0.05, 0.1) is 0 Å². The molecule has 0 spiro atoms. The highest BCUT2D eigenvalue weighted by Crippen LogP contribution is 2.26. The Morgan fingerprint density at radius 1 is 1.55 bits per heavy atom. The molecule has 0 bridgehead atoms. The van der Waals surface area contributed by atoms with Crippen LogP contribution in [0.5, 0.6) is 0 Å². The molecule has 1 aliphatic rings. The minimum Gasteiger partial charge on any atom is -0.383 e. The van der Waals surface area contributed by atoms with E-state index in [1.165, 1.54) is 0 Å². The number of rotatable bonds is 1. The fourth-order valence-corrected chi connectivity index (χ4v) is 1.46. The molecule has 0 aromatic carbocycles. The molecule has 1 atom stereocenters. The van der Waals surface area contributed by atoms with Crippen molar-refractivity contribution in [3.8, 4) is 0 Å².